The monoisotopic (exact) mass is 261 g/mol. The number of hydrogen-bond donors (Lipinski definition) is 1. The van der Waals surface area contributed by atoms with Crippen molar-refractivity contribution < 1.29 is 4.39 Å². The molecule has 94 valence electrons. The standard InChI is InChI=1S/C15H16FNS/c1-12-4-2-7-15(10-12)18-9-8-17-14-6-3-5-13(16)11-14/h2-7,10-11,17H,8-9H2,1H3. The molecule has 1 N–H and O–H groups in total. The topological polar surface area (TPSA) is 12.0 Å². The molecule has 0 fully saturated rings. The quantitative estimate of drug-likeness (QED) is 0.635. The van der Waals surface area contributed by atoms with Crippen LogP contribution in [0.2, 0.25) is 0 Å². The van der Waals surface area contributed by atoms with Gasteiger partial charge in [0, 0.05) is 22.9 Å². The first-order valence-electron chi connectivity index (χ1n) is 5.93. The van der Waals surface area contributed by atoms with Gasteiger partial charge in [-0.15, -0.1) is 11.8 Å². The van der Waals surface area contributed by atoms with Crippen molar-refractivity contribution in [3.8, 4) is 0 Å². The number of halogens is 1. The third kappa shape index (κ3) is 4.08. The Balaban J connectivity index is 1.76. The number of aryl methyl sites for hydroxylation is 1. The van der Waals surface area contributed by atoms with E-state index in [0.717, 1.165) is 18.0 Å². The maximum Gasteiger partial charge on any atom is 0.125 e. The second kappa shape index (κ2) is 6.45. The summed E-state index contributed by atoms with van der Waals surface area (Å²) in [6, 6.07) is 15.0. The normalized spacial score (nSPS) is 10.3. The number of thioether (sulfide) groups is 1. The number of anilines is 1. The van der Waals surface area contributed by atoms with Crippen molar-refractivity contribution in [2.75, 3.05) is 17.6 Å². The van der Waals surface area contributed by atoms with Crippen molar-refractivity contribution in [1.29, 1.82) is 0 Å². The molecule has 0 unspecified atom stereocenters. The molecule has 0 aliphatic heterocycles. The van der Waals surface area contributed by atoms with Gasteiger partial charge >= 0.3 is 0 Å². The third-order valence-corrected chi connectivity index (χ3v) is 3.51. The van der Waals surface area contributed by atoms with Crippen LogP contribution in [0.25, 0.3) is 0 Å². The molecule has 0 aliphatic rings. The third-order valence-electron chi connectivity index (χ3n) is 2.51. The number of rotatable bonds is 5. The van der Waals surface area contributed by atoms with Gasteiger partial charge in [-0.1, -0.05) is 23.8 Å². The lowest BCUT2D eigenvalue weighted by Crippen LogP contribution is -2.03. The minimum atomic E-state index is -0.202. The molecule has 18 heavy (non-hydrogen) atoms. The van der Waals surface area contributed by atoms with Crippen molar-refractivity contribution in [2.24, 2.45) is 0 Å². The van der Waals surface area contributed by atoms with Gasteiger partial charge in [-0.25, -0.2) is 4.39 Å². The average Bonchev–Trinajstić information content (AvgIpc) is 2.35. The zero-order chi connectivity index (χ0) is 12.8. The molecule has 0 saturated heterocycles. The molecule has 1 nitrogen and oxygen atoms in total. The van der Waals surface area contributed by atoms with Crippen LogP contribution in [0.4, 0.5) is 10.1 Å². The van der Waals surface area contributed by atoms with Crippen LogP contribution >= 0.6 is 11.8 Å². The van der Waals surface area contributed by atoms with E-state index in [0.29, 0.717) is 0 Å². The summed E-state index contributed by atoms with van der Waals surface area (Å²) in [6.45, 7) is 2.91. The maximum absolute atomic E-state index is 12.9. The summed E-state index contributed by atoms with van der Waals surface area (Å²) in [5.74, 6) is 0.756. The fourth-order valence-electron chi connectivity index (χ4n) is 1.67. The maximum atomic E-state index is 12.9. The minimum absolute atomic E-state index is 0.202. The highest BCUT2D eigenvalue weighted by Gasteiger charge is 1.96. The summed E-state index contributed by atoms with van der Waals surface area (Å²) in [5, 5.41) is 3.21. The highest BCUT2D eigenvalue weighted by molar-refractivity contribution is 7.99. The molecule has 0 radical (unpaired) electrons. The summed E-state index contributed by atoms with van der Waals surface area (Å²) in [6.07, 6.45) is 0. The van der Waals surface area contributed by atoms with Crippen LogP contribution in [0.15, 0.2) is 53.4 Å². The minimum Gasteiger partial charge on any atom is -0.384 e. The zero-order valence-corrected chi connectivity index (χ0v) is 11.1. The second-order valence-electron chi connectivity index (χ2n) is 4.10. The van der Waals surface area contributed by atoms with Crippen LogP contribution in [0.1, 0.15) is 5.56 Å². The molecule has 2 aromatic carbocycles. The van der Waals surface area contributed by atoms with Crippen molar-refractivity contribution in [2.45, 2.75) is 11.8 Å². The second-order valence-corrected chi connectivity index (χ2v) is 5.27. The van der Waals surface area contributed by atoms with E-state index >= 15 is 0 Å². The molecule has 0 aliphatic carbocycles. The van der Waals surface area contributed by atoms with Gasteiger partial charge < -0.3 is 5.32 Å². The van der Waals surface area contributed by atoms with Crippen LogP contribution in [0.5, 0.6) is 0 Å². The first kappa shape index (κ1) is 13.0. The number of benzene rings is 2. The number of nitrogens with one attached hydrogen (secondary N) is 1. The molecule has 0 atom stereocenters. The summed E-state index contributed by atoms with van der Waals surface area (Å²) >= 11 is 1.80. The van der Waals surface area contributed by atoms with Crippen LogP contribution in [-0.2, 0) is 0 Å². The van der Waals surface area contributed by atoms with E-state index in [-0.39, 0.29) is 5.82 Å². The average molecular weight is 261 g/mol. The largest absolute Gasteiger partial charge is 0.384 e. The number of hydrogen-bond acceptors (Lipinski definition) is 2. The van der Waals surface area contributed by atoms with Crippen LogP contribution in [0.3, 0.4) is 0 Å². The molecular weight excluding hydrogens is 245 g/mol. The van der Waals surface area contributed by atoms with Gasteiger partial charge in [0.2, 0.25) is 0 Å². The summed E-state index contributed by atoms with van der Waals surface area (Å²) in [7, 11) is 0. The molecule has 2 rings (SSSR count). The fourth-order valence-corrected chi connectivity index (χ4v) is 2.55. The lowest BCUT2D eigenvalue weighted by atomic mass is 10.2. The van der Waals surface area contributed by atoms with Gasteiger partial charge in [-0.05, 0) is 37.3 Å². The van der Waals surface area contributed by atoms with Crippen LogP contribution in [0, 0.1) is 12.7 Å². The molecule has 2 aromatic rings. The van der Waals surface area contributed by atoms with E-state index in [1.807, 2.05) is 6.07 Å². The molecule has 0 bridgehead atoms. The van der Waals surface area contributed by atoms with Crippen molar-refractivity contribution in [3.05, 3.63) is 59.9 Å². The molecular formula is C15H16FNS. The van der Waals surface area contributed by atoms with Gasteiger partial charge in [0.25, 0.3) is 0 Å². The Kier molecular flexibility index (Phi) is 4.65. The molecule has 0 heterocycles. The predicted octanol–water partition coefficient (Wildman–Crippen LogP) is 4.34. The first-order chi connectivity index (χ1) is 8.74. The van der Waals surface area contributed by atoms with Gasteiger partial charge in [0.05, 0.1) is 0 Å². The highest BCUT2D eigenvalue weighted by Crippen LogP contribution is 2.18. The summed E-state index contributed by atoms with van der Waals surface area (Å²) < 4.78 is 12.9. The Bertz CT molecular complexity index is 466. The highest BCUT2D eigenvalue weighted by atomic mass is 32.2. The summed E-state index contributed by atoms with van der Waals surface area (Å²) in [5.41, 5.74) is 2.11. The van der Waals surface area contributed by atoms with Gasteiger partial charge in [-0.2, -0.15) is 0 Å². The fraction of sp³-hybridized carbons (Fsp3) is 0.200. The van der Waals surface area contributed by atoms with E-state index in [4.69, 9.17) is 0 Å². The Hall–Kier alpha value is -1.48. The Morgan fingerprint density at radius 2 is 1.94 bits per heavy atom. The van der Waals surface area contributed by atoms with Crippen LogP contribution < -0.4 is 5.32 Å². The molecule has 0 amide bonds. The Morgan fingerprint density at radius 3 is 2.72 bits per heavy atom. The van der Waals surface area contributed by atoms with E-state index in [9.17, 15) is 4.39 Å². The van der Waals surface area contributed by atoms with Crippen LogP contribution in [-0.4, -0.2) is 12.3 Å². The lowest BCUT2D eigenvalue weighted by molar-refractivity contribution is 0.628. The lowest BCUT2D eigenvalue weighted by Gasteiger charge is -2.06. The SMILES string of the molecule is Cc1cccc(SCCNc2cccc(F)c2)c1. The van der Waals surface area contributed by atoms with Gasteiger partial charge in [-0.3, -0.25) is 0 Å². The van der Waals surface area contributed by atoms with E-state index in [1.165, 1.54) is 22.6 Å². The molecule has 0 aromatic heterocycles. The first-order valence-corrected chi connectivity index (χ1v) is 6.91. The molecule has 0 saturated carbocycles. The zero-order valence-electron chi connectivity index (χ0n) is 10.3. The van der Waals surface area contributed by atoms with E-state index in [2.05, 4.69) is 36.5 Å². The Morgan fingerprint density at radius 1 is 1.11 bits per heavy atom. The van der Waals surface area contributed by atoms with Crippen molar-refractivity contribution in [1.82, 2.24) is 0 Å². The van der Waals surface area contributed by atoms with Gasteiger partial charge in [0.15, 0.2) is 0 Å². The van der Waals surface area contributed by atoms with Gasteiger partial charge in [0.1, 0.15) is 5.82 Å². The van der Waals surface area contributed by atoms with E-state index in [1.54, 1.807) is 17.8 Å². The molecule has 0 spiro atoms. The van der Waals surface area contributed by atoms with Crippen molar-refractivity contribution in [3.63, 3.8) is 0 Å². The smallest absolute Gasteiger partial charge is 0.125 e. The Labute approximate surface area is 111 Å². The molecule has 3 heteroatoms. The van der Waals surface area contributed by atoms with Crippen molar-refractivity contribution >= 4 is 17.4 Å². The predicted molar refractivity (Wildman–Crippen MR) is 76.8 cm³/mol. The van der Waals surface area contributed by atoms with E-state index < -0.39 is 0 Å². The summed E-state index contributed by atoms with van der Waals surface area (Å²) in [4.78, 5) is 1.27.